The van der Waals surface area contributed by atoms with Crippen molar-refractivity contribution in [3.63, 3.8) is 0 Å². The number of carbonyl (C=O) groups excluding carboxylic acids is 2. The zero-order valence-electron chi connectivity index (χ0n) is 13.1. The summed E-state index contributed by atoms with van der Waals surface area (Å²) in [6, 6.07) is 14.5. The van der Waals surface area contributed by atoms with E-state index < -0.39 is 0 Å². The predicted molar refractivity (Wildman–Crippen MR) is 98.1 cm³/mol. The number of benzene rings is 2. The van der Waals surface area contributed by atoms with E-state index in [1.54, 1.807) is 24.3 Å². The van der Waals surface area contributed by atoms with Crippen molar-refractivity contribution in [1.82, 2.24) is 9.88 Å². The van der Waals surface area contributed by atoms with Crippen molar-refractivity contribution in [1.29, 1.82) is 0 Å². The van der Waals surface area contributed by atoms with Crippen molar-refractivity contribution in [2.45, 2.75) is 6.42 Å². The van der Waals surface area contributed by atoms with E-state index in [-0.39, 0.29) is 11.8 Å². The molecule has 25 heavy (non-hydrogen) atoms. The van der Waals surface area contributed by atoms with Gasteiger partial charge in [0.05, 0.1) is 21.8 Å². The molecule has 1 aliphatic heterocycles. The highest BCUT2D eigenvalue weighted by Crippen LogP contribution is 2.30. The van der Waals surface area contributed by atoms with Crippen LogP contribution in [0.2, 0.25) is 5.02 Å². The number of fused-ring (bicyclic) bond motifs is 1. The van der Waals surface area contributed by atoms with Crippen LogP contribution in [-0.2, 0) is 6.42 Å². The van der Waals surface area contributed by atoms with E-state index in [4.69, 9.17) is 11.6 Å². The van der Waals surface area contributed by atoms with Gasteiger partial charge < -0.3 is 0 Å². The highest BCUT2D eigenvalue weighted by molar-refractivity contribution is 7.13. The van der Waals surface area contributed by atoms with Crippen molar-refractivity contribution in [3.8, 4) is 10.6 Å². The van der Waals surface area contributed by atoms with E-state index >= 15 is 0 Å². The summed E-state index contributed by atoms with van der Waals surface area (Å²) in [7, 11) is 0. The molecule has 2 heterocycles. The first-order valence-electron chi connectivity index (χ1n) is 7.79. The molecule has 4 nitrogen and oxygen atoms in total. The highest BCUT2D eigenvalue weighted by atomic mass is 35.5. The van der Waals surface area contributed by atoms with Crippen molar-refractivity contribution in [2.75, 3.05) is 6.54 Å². The number of halogens is 1. The fourth-order valence-electron chi connectivity index (χ4n) is 2.85. The first-order chi connectivity index (χ1) is 12.1. The lowest BCUT2D eigenvalue weighted by Crippen LogP contribution is -2.31. The zero-order valence-corrected chi connectivity index (χ0v) is 14.7. The summed E-state index contributed by atoms with van der Waals surface area (Å²) in [6.07, 6.45) is 0.520. The van der Waals surface area contributed by atoms with Crippen molar-refractivity contribution < 1.29 is 9.59 Å². The lowest BCUT2D eigenvalue weighted by Gasteiger charge is -2.12. The Hall–Kier alpha value is -2.50. The van der Waals surface area contributed by atoms with Crippen LogP contribution in [0.3, 0.4) is 0 Å². The van der Waals surface area contributed by atoms with E-state index in [0.29, 0.717) is 29.1 Å². The molecule has 3 aromatic rings. The van der Waals surface area contributed by atoms with Crippen molar-refractivity contribution in [3.05, 3.63) is 75.8 Å². The topological polar surface area (TPSA) is 50.3 Å². The Morgan fingerprint density at radius 1 is 0.920 bits per heavy atom. The number of carbonyl (C=O) groups is 2. The van der Waals surface area contributed by atoms with Crippen LogP contribution in [0, 0.1) is 0 Å². The number of thiazole rings is 1. The molecule has 1 aliphatic rings. The standard InChI is InChI=1S/C19H13ClN2O2S/c20-16-8-4-3-7-15(16)17-21-12(11-25-17)9-10-22-18(23)13-5-1-2-6-14(13)19(22)24/h1-8,11H,9-10H2. The number of rotatable bonds is 4. The second-order valence-corrected chi connectivity index (χ2v) is 6.95. The molecule has 0 saturated heterocycles. The molecule has 0 spiro atoms. The fraction of sp³-hybridized carbons (Fsp3) is 0.105. The third-order valence-electron chi connectivity index (χ3n) is 4.13. The third kappa shape index (κ3) is 2.86. The molecular formula is C19H13ClN2O2S. The second kappa shape index (κ2) is 6.43. The SMILES string of the molecule is O=C1c2ccccc2C(=O)N1CCc1csc(-c2ccccc2Cl)n1. The molecular weight excluding hydrogens is 356 g/mol. The van der Waals surface area contributed by atoms with E-state index in [9.17, 15) is 9.59 Å². The van der Waals surface area contributed by atoms with Crippen molar-refractivity contribution in [2.24, 2.45) is 0 Å². The average molecular weight is 369 g/mol. The van der Waals surface area contributed by atoms with Gasteiger partial charge >= 0.3 is 0 Å². The van der Waals surface area contributed by atoms with Crippen LogP contribution in [0.5, 0.6) is 0 Å². The number of imide groups is 1. The Morgan fingerprint density at radius 2 is 1.52 bits per heavy atom. The molecule has 0 saturated carbocycles. The molecule has 4 rings (SSSR count). The summed E-state index contributed by atoms with van der Waals surface area (Å²) in [6.45, 7) is 0.318. The zero-order chi connectivity index (χ0) is 17.4. The first kappa shape index (κ1) is 16.0. The largest absolute Gasteiger partial charge is 0.274 e. The number of hydrogen-bond donors (Lipinski definition) is 0. The maximum atomic E-state index is 12.4. The van der Waals surface area contributed by atoms with Crippen LogP contribution in [0.4, 0.5) is 0 Å². The molecule has 2 amide bonds. The molecule has 0 fully saturated rings. The Balaban J connectivity index is 1.49. The normalized spacial score (nSPS) is 13.4. The Bertz CT molecular complexity index is 948. The third-order valence-corrected chi connectivity index (χ3v) is 5.38. The molecule has 0 bridgehead atoms. The van der Waals surface area contributed by atoms with Crippen LogP contribution >= 0.6 is 22.9 Å². The summed E-state index contributed by atoms with van der Waals surface area (Å²) in [5.41, 5.74) is 2.68. The van der Waals surface area contributed by atoms with E-state index in [1.165, 1.54) is 16.2 Å². The molecule has 2 aromatic carbocycles. The molecule has 0 atom stereocenters. The van der Waals surface area contributed by atoms with Gasteiger partial charge in [-0.25, -0.2) is 4.98 Å². The Labute approximate surface area is 153 Å². The van der Waals surface area contributed by atoms with Gasteiger partial charge in [0, 0.05) is 23.9 Å². The van der Waals surface area contributed by atoms with Crippen LogP contribution in [0.25, 0.3) is 10.6 Å². The molecule has 124 valence electrons. The minimum absolute atomic E-state index is 0.234. The average Bonchev–Trinajstić information content (AvgIpc) is 3.19. The van der Waals surface area contributed by atoms with Gasteiger partial charge in [0.15, 0.2) is 0 Å². The Kier molecular flexibility index (Phi) is 4.11. The predicted octanol–water partition coefficient (Wildman–Crippen LogP) is 4.30. The monoisotopic (exact) mass is 368 g/mol. The Morgan fingerprint density at radius 3 is 2.16 bits per heavy atom. The van der Waals surface area contributed by atoms with Gasteiger partial charge in [0.25, 0.3) is 11.8 Å². The quantitative estimate of drug-likeness (QED) is 0.645. The van der Waals surface area contributed by atoms with Gasteiger partial charge in [-0.1, -0.05) is 41.9 Å². The fourth-order valence-corrected chi connectivity index (χ4v) is 4.02. The lowest BCUT2D eigenvalue weighted by molar-refractivity contribution is 0.0656. The smallest absolute Gasteiger partial charge is 0.261 e. The van der Waals surface area contributed by atoms with E-state index in [2.05, 4.69) is 4.98 Å². The maximum Gasteiger partial charge on any atom is 0.261 e. The summed E-state index contributed by atoms with van der Waals surface area (Å²) in [5.74, 6) is -0.468. The summed E-state index contributed by atoms with van der Waals surface area (Å²) < 4.78 is 0. The lowest BCUT2D eigenvalue weighted by atomic mass is 10.1. The van der Waals surface area contributed by atoms with Gasteiger partial charge in [-0.3, -0.25) is 14.5 Å². The maximum absolute atomic E-state index is 12.4. The molecule has 1 aromatic heterocycles. The van der Waals surface area contributed by atoms with Gasteiger partial charge in [-0.15, -0.1) is 11.3 Å². The second-order valence-electron chi connectivity index (χ2n) is 5.68. The van der Waals surface area contributed by atoms with Gasteiger partial charge in [-0.05, 0) is 18.2 Å². The first-order valence-corrected chi connectivity index (χ1v) is 9.05. The van der Waals surface area contributed by atoms with Crippen LogP contribution in [-0.4, -0.2) is 28.2 Å². The number of aromatic nitrogens is 1. The molecule has 0 aliphatic carbocycles. The summed E-state index contributed by atoms with van der Waals surface area (Å²) >= 11 is 7.71. The molecule has 6 heteroatoms. The summed E-state index contributed by atoms with van der Waals surface area (Å²) in [4.78, 5) is 30.6. The van der Waals surface area contributed by atoms with Gasteiger partial charge in [-0.2, -0.15) is 0 Å². The number of nitrogens with zero attached hydrogens (tertiary/aromatic N) is 2. The molecule has 0 N–H and O–H groups in total. The number of hydrogen-bond acceptors (Lipinski definition) is 4. The van der Waals surface area contributed by atoms with Crippen LogP contribution < -0.4 is 0 Å². The number of amides is 2. The van der Waals surface area contributed by atoms with Crippen LogP contribution in [0.15, 0.2) is 53.9 Å². The van der Waals surface area contributed by atoms with E-state index in [1.807, 2.05) is 29.6 Å². The molecule has 0 unspecified atom stereocenters. The molecule has 0 radical (unpaired) electrons. The highest BCUT2D eigenvalue weighted by Gasteiger charge is 2.34. The van der Waals surface area contributed by atoms with Gasteiger partial charge in [0.2, 0.25) is 0 Å². The van der Waals surface area contributed by atoms with E-state index in [0.717, 1.165) is 16.3 Å². The summed E-state index contributed by atoms with van der Waals surface area (Å²) in [5, 5.41) is 3.43. The van der Waals surface area contributed by atoms with Crippen molar-refractivity contribution >= 4 is 34.8 Å². The van der Waals surface area contributed by atoms with Gasteiger partial charge in [0.1, 0.15) is 5.01 Å². The van der Waals surface area contributed by atoms with Crippen LogP contribution in [0.1, 0.15) is 26.4 Å². The minimum Gasteiger partial charge on any atom is -0.274 e. The minimum atomic E-state index is -0.234.